The molecule has 0 saturated heterocycles. The first-order valence-corrected chi connectivity index (χ1v) is 5.47. The summed E-state index contributed by atoms with van der Waals surface area (Å²) >= 11 is 0. The molecule has 0 fully saturated rings. The normalized spacial score (nSPS) is 10.6. The van der Waals surface area contributed by atoms with Gasteiger partial charge in [0.05, 0.1) is 6.61 Å². The molecule has 0 aliphatic rings. The van der Waals surface area contributed by atoms with Crippen LogP contribution in [0.25, 0.3) is 0 Å². The highest BCUT2D eigenvalue weighted by Gasteiger charge is 2.01. The highest BCUT2D eigenvalue weighted by atomic mass is 16.5. The van der Waals surface area contributed by atoms with Crippen molar-refractivity contribution < 1.29 is 9.53 Å². The van der Waals surface area contributed by atoms with Crippen LogP contribution >= 0.6 is 0 Å². The summed E-state index contributed by atoms with van der Waals surface area (Å²) in [5.41, 5.74) is 0. The molecule has 0 aromatic carbocycles. The Labute approximate surface area is 87.4 Å². The van der Waals surface area contributed by atoms with Crippen LogP contribution < -0.4 is 0 Å². The summed E-state index contributed by atoms with van der Waals surface area (Å²) in [4.78, 5) is 13.2. The van der Waals surface area contributed by atoms with Gasteiger partial charge >= 0.3 is 5.97 Å². The van der Waals surface area contributed by atoms with Gasteiger partial charge in [-0.1, -0.05) is 13.3 Å². The number of unbranched alkanes of at least 4 members (excludes halogenated alkanes) is 2. The van der Waals surface area contributed by atoms with Crippen LogP contribution in [0.5, 0.6) is 0 Å². The molecule has 0 N–H and O–H groups in total. The summed E-state index contributed by atoms with van der Waals surface area (Å²) in [6, 6.07) is 0. The maximum absolute atomic E-state index is 11.1. The Morgan fingerprint density at radius 3 is 2.50 bits per heavy atom. The zero-order chi connectivity index (χ0) is 10.8. The van der Waals surface area contributed by atoms with E-state index in [-0.39, 0.29) is 5.97 Å². The fraction of sp³-hybridized carbons (Fsp3) is 0.909. The van der Waals surface area contributed by atoms with Gasteiger partial charge in [-0.15, -0.1) is 0 Å². The Bertz CT molecular complexity index is 146. The van der Waals surface area contributed by atoms with E-state index in [1.165, 1.54) is 0 Å². The molecule has 3 nitrogen and oxygen atoms in total. The molecule has 0 aliphatic heterocycles. The molecule has 0 aliphatic carbocycles. The van der Waals surface area contributed by atoms with Gasteiger partial charge in [-0.05, 0) is 39.9 Å². The van der Waals surface area contributed by atoms with Gasteiger partial charge < -0.3 is 9.64 Å². The minimum atomic E-state index is -0.0447. The number of carbonyl (C=O) groups excluding carboxylic acids is 1. The van der Waals surface area contributed by atoms with E-state index in [0.717, 1.165) is 32.2 Å². The first-order valence-electron chi connectivity index (χ1n) is 5.47. The van der Waals surface area contributed by atoms with Crippen LogP contribution in [0.15, 0.2) is 0 Å². The lowest BCUT2D eigenvalue weighted by atomic mass is 10.2. The predicted molar refractivity (Wildman–Crippen MR) is 58.3 cm³/mol. The number of hydrogen-bond donors (Lipinski definition) is 0. The van der Waals surface area contributed by atoms with E-state index in [4.69, 9.17) is 4.74 Å². The van der Waals surface area contributed by atoms with Crippen molar-refractivity contribution in [2.45, 2.75) is 39.0 Å². The first-order chi connectivity index (χ1) is 6.66. The molecule has 14 heavy (non-hydrogen) atoms. The third-order valence-electron chi connectivity index (χ3n) is 1.95. The maximum atomic E-state index is 11.1. The fourth-order valence-corrected chi connectivity index (χ4v) is 1.16. The first kappa shape index (κ1) is 13.4. The minimum Gasteiger partial charge on any atom is -0.466 e. The van der Waals surface area contributed by atoms with E-state index in [0.29, 0.717) is 13.0 Å². The van der Waals surface area contributed by atoms with E-state index >= 15 is 0 Å². The standard InChI is InChI=1S/C11H23NO2/c1-4-10-14-11(13)8-6-5-7-9-12(2)3/h4-10H2,1-3H3. The number of hydrogen-bond acceptors (Lipinski definition) is 3. The van der Waals surface area contributed by atoms with Crippen molar-refractivity contribution >= 4 is 5.97 Å². The molecular weight excluding hydrogens is 178 g/mol. The van der Waals surface area contributed by atoms with Gasteiger partial charge in [0.15, 0.2) is 0 Å². The second kappa shape index (κ2) is 9.00. The van der Waals surface area contributed by atoms with E-state index in [9.17, 15) is 4.79 Å². The van der Waals surface area contributed by atoms with Crippen molar-refractivity contribution in [3.05, 3.63) is 0 Å². The van der Waals surface area contributed by atoms with Gasteiger partial charge in [-0.25, -0.2) is 0 Å². The number of ether oxygens (including phenoxy) is 1. The molecule has 0 aromatic heterocycles. The van der Waals surface area contributed by atoms with Crippen molar-refractivity contribution in [2.75, 3.05) is 27.2 Å². The summed E-state index contributed by atoms with van der Waals surface area (Å²) in [7, 11) is 4.13. The van der Waals surface area contributed by atoms with Crippen LogP contribution in [0.3, 0.4) is 0 Å². The number of carbonyl (C=O) groups is 1. The third-order valence-corrected chi connectivity index (χ3v) is 1.95. The lowest BCUT2D eigenvalue weighted by molar-refractivity contribution is -0.143. The number of rotatable bonds is 8. The van der Waals surface area contributed by atoms with E-state index in [1.807, 2.05) is 6.92 Å². The highest BCUT2D eigenvalue weighted by Crippen LogP contribution is 2.02. The third kappa shape index (κ3) is 9.52. The molecule has 0 heterocycles. The molecule has 0 amide bonds. The maximum Gasteiger partial charge on any atom is 0.305 e. The molecule has 0 atom stereocenters. The predicted octanol–water partition coefficient (Wildman–Crippen LogP) is 2.06. The second-order valence-corrected chi connectivity index (χ2v) is 3.83. The highest BCUT2D eigenvalue weighted by molar-refractivity contribution is 5.69. The van der Waals surface area contributed by atoms with Crippen molar-refractivity contribution in [1.29, 1.82) is 0 Å². The van der Waals surface area contributed by atoms with Crippen LogP contribution in [0, 0.1) is 0 Å². The summed E-state index contributed by atoms with van der Waals surface area (Å²) in [6.45, 7) is 3.67. The molecule has 0 radical (unpaired) electrons. The molecule has 0 unspecified atom stereocenters. The van der Waals surface area contributed by atoms with Crippen molar-refractivity contribution in [3.63, 3.8) is 0 Å². The van der Waals surface area contributed by atoms with Crippen LogP contribution in [0.2, 0.25) is 0 Å². The van der Waals surface area contributed by atoms with Crippen molar-refractivity contribution in [1.82, 2.24) is 4.90 Å². The van der Waals surface area contributed by atoms with Gasteiger partial charge in [-0.3, -0.25) is 4.79 Å². The van der Waals surface area contributed by atoms with Gasteiger partial charge in [0, 0.05) is 6.42 Å². The Balaban J connectivity index is 3.15. The van der Waals surface area contributed by atoms with Crippen molar-refractivity contribution in [3.8, 4) is 0 Å². The summed E-state index contributed by atoms with van der Waals surface area (Å²) < 4.78 is 4.97. The summed E-state index contributed by atoms with van der Waals surface area (Å²) in [5.74, 6) is -0.0447. The van der Waals surface area contributed by atoms with Crippen LogP contribution in [-0.4, -0.2) is 38.1 Å². The largest absolute Gasteiger partial charge is 0.466 e. The van der Waals surface area contributed by atoms with E-state index in [1.54, 1.807) is 0 Å². The van der Waals surface area contributed by atoms with Gasteiger partial charge in [0.2, 0.25) is 0 Å². The number of esters is 1. The zero-order valence-corrected chi connectivity index (χ0v) is 9.71. The molecule has 0 aromatic rings. The van der Waals surface area contributed by atoms with Gasteiger partial charge in [-0.2, -0.15) is 0 Å². The molecular formula is C11H23NO2. The van der Waals surface area contributed by atoms with Gasteiger partial charge in [0.1, 0.15) is 0 Å². The lowest BCUT2D eigenvalue weighted by Crippen LogP contribution is -2.13. The van der Waals surface area contributed by atoms with Gasteiger partial charge in [0.25, 0.3) is 0 Å². The Hall–Kier alpha value is -0.570. The monoisotopic (exact) mass is 201 g/mol. The molecule has 0 spiro atoms. The van der Waals surface area contributed by atoms with Crippen LogP contribution in [0.1, 0.15) is 39.0 Å². The molecule has 0 rings (SSSR count). The smallest absolute Gasteiger partial charge is 0.305 e. The molecule has 3 heteroatoms. The minimum absolute atomic E-state index is 0.0447. The Morgan fingerprint density at radius 1 is 1.21 bits per heavy atom. The van der Waals surface area contributed by atoms with Crippen LogP contribution in [0.4, 0.5) is 0 Å². The Kier molecular flexibility index (Phi) is 8.64. The topological polar surface area (TPSA) is 29.5 Å². The second-order valence-electron chi connectivity index (χ2n) is 3.83. The van der Waals surface area contributed by atoms with Crippen LogP contribution in [-0.2, 0) is 9.53 Å². The molecule has 0 bridgehead atoms. The van der Waals surface area contributed by atoms with Crippen molar-refractivity contribution in [2.24, 2.45) is 0 Å². The lowest BCUT2D eigenvalue weighted by Gasteiger charge is -2.08. The summed E-state index contributed by atoms with van der Waals surface area (Å²) in [6.07, 6.45) is 4.71. The molecule has 84 valence electrons. The average molecular weight is 201 g/mol. The SMILES string of the molecule is CCCOC(=O)CCCCCN(C)C. The fourth-order valence-electron chi connectivity index (χ4n) is 1.16. The molecule has 0 saturated carbocycles. The van der Waals surface area contributed by atoms with E-state index < -0.39 is 0 Å². The Morgan fingerprint density at radius 2 is 1.93 bits per heavy atom. The quantitative estimate of drug-likeness (QED) is 0.445. The van der Waals surface area contributed by atoms with E-state index in [2.05, 4.69) is 19.0 Å². The summed E-state index contributed by atoms with van der Waals surface area (Å²) in [5, 5.41) is 0. The average Bonchev–Trinajstić information content (AvgIpc) is 2.13. The number of nitrogens with zero attached hydrogens (tertiary/aromatic N) is 1. The zero-order valence-electron chi connectivity index (χ0n) is 9.71.